The number of aryl methyl sites for hydroxylation is 1. The molecule has 1 amide bonds. The Morgan fingerprint density at radius 1 is 1.23 bits per heavy atom. The summed E-state index contributed by atoms with van der Waals surface area (Å²) >= 11 is 0. The molecule has 8 heteroatoms. The second kappa shape index (κ2) is 8.81. The molecule has 146 valence electrons. The molecule has 3 heterocycles. The van der Waals surface area contributed by atoms with Crippen molar-refractivity contribution in [1.29, 1.82) is 0 Å². The highest BCUT2D eigenvalue weighted by Gasteiger charge is 2.25. The summed E-state index contributed by atoms with van der Waals surface area (Å²) in [5, 5.41) is 6.31. The van der Waals surface area contributed by atoms with Crippen molar-refractivity contribution in [3.63, 3.8) is 0 Å². The van der Waals surface area contributed by atoms with Gasteiger partial charge < -0.3 is 4.90 Å². The van der Waals surface area contributed by atoms with Crippen molar-refractivity contribution in [2.24, 2.45) is 13.0 Å². The zero-order chi connectivity index (χ0) is 18.5. The Hall–Kier alpha value is -1.67. The van der Waals surface area contributed by atoms with Crippen LogP contribution in [0, 0.1) is 5.92 Å². The molecule has 2 fully saturated rings. The molecule has 0 saturated carbocycles. The summed E-state index contributed by atoms with van der Waals surface area (Å²) in [6.07, 6.45) is 5.55. The summed E-state index contributed by atoms with van der Waals surface area (Å²) in [4.78, 5) is 32.0. The third kappa shape index (κ3) is 4.54. The average Bonchev–Trinajstić information content (AvgIpc) is 2.94. The number of hydrogen-bond acceptors (Lipinski definition) is 5. The molecule has 2 aliphatic heterocycles. The minimum Gasteiger partial charge on any atom is -0.343 e. The van der Waals surface area contributed by atoms with E-state index in [2.05, 4.69) is 5.10 Å². The van der Waals surface area contributed by atoms with Crippen LogP contribution in [0.15, 0.2) is 4.79 Å². The molecule has 0 spiro atoms. The number of amides is 1. The van der Waals surface area contributed by atoms with Gasteiger partial charge in [-0.3, -0.25) is 14.2 Å². The Bertz CT molecular complexity index is 654. The molecular weight excluding hydrogens is 334 g/mol. The summed E-state index contributed by atoms with van der Waals surface area (Å²) < 4.78 is 3.16. The molecule has 1 aromatic rings. The van der Waals surface area contributed by atoms with Crippen LogP contribution >= 0.6 is 0 Å². The fourth-order valence-corrected chi connectivity index (χ4v) is 3.87. The Morgan fingerprint density at radius 2 is 2.00 bits per heavy atom. The second-order valence-electron chi connectivity index (χ2n) is 7.31. The zero-order valence-electron chi connectivity index (χ0n) is 16.0. The minimum absolute atomic E-state index is 0.0463. The second-order valence-corrected chi connectivity index (χ2v) is 7.31. The normalized spacial score (nSPS) is 19.8. The Balaban J connectivity index is 1.44. The lowest BCUT2D eigenvalue weighted by Crippen LogP contribution is -2.41. The molecule has 0 aromatic carbocycles. The van der Waals surface area contributed by atoms with Gasteiger partial charge in [0.1, 0.15) is 5.82 Å². The molecule has 0 aliphatic carbocycles. The average molecular weight is 365 g/mol. The zero-order valence-corrected chi connectivity index (χ0v) is 16.0. The summed E-state index contributed by atoms with van der Waals surface area (Å²) in [7, 11) is 1.70. The van der Waals surface area contributed by atoms with E-state index >= 15 is 0 Å². The first-order valence-electron chi connectivity index (χ1n) is 9.86. The molecule has 0 unspecified atom stereocenters. The maximum atomic E-state index is 12.4. The van der Waals surface area contributed by atoms with Gasteiger partial charge in [0.25, 0.3) is 0 Å². The molecule has 2 saturated heterocycles. The third-order valence-electron chi connectivity index (χ3n) is 5.49. The molecule has 0 atom stereocenters. The molecule has 1 aromatic heterocycles. The number of piperidine rings is 1. The number of rotatable bonds is 6. The third-order valence-corrected chi connectivity index (χ3v) is 5.49. The molecule has 0 N–H and O–H groups in total. The predicted octanol–water partition coefficient (Wildman–Crippen LogP) is 0.800. The highest BCUT2D eigenvalue weighted by molar-refractivity contribution is 5.76. The first-order chi connectivity index (χ1) is 12.6. The Labute approximate surface area is 154 Å². The van der Waals surface area contributed by atoms with Crippen LogP contribution in [0.2, 0.25) is 0 Å². The quantitative estimate of drug-likeness (QED) is 0.746. The highest BCUT2D eigenvalue weighted by atomic mass is 16.7. The summed E-state index contributed by atoms with van der Waals surface area (Å²) in [6.45, 7) is 6.61. The topological polar surface area (TPSA) is 72.6 Å². The molecule has 26 heavy (non-hydrogen) atoms. The fourth-order valence-electron chi connectivity index (χ4n) is 3.87. The van der Waals surface area contributed by atoms with Crippen molar-refractivity contribution in [3.05, 3.63) is 16.3 Å². The van der Waals surface area contributed by atoms with E-state index < -0.39 is 0 Å². The number of carbonyl (C=O) groups excluding carboxylic acids is 1. The van der Waals surface area contributed by atoms with Crippen molar-refractivity contribution in [2.45, 2.75) is 52.0 Å². The van der Waals surface area contributed by atoms with Crippen molar-refractivity contribution < 1.29 is 9.63 Å². The maximum Gasteiger partial charge on any atom is 0.345 e. The van der Waals surface area contributed by atoms with Gasteiger partial charge in [-0.15, -0.1) is 0 Å². The van der Waals surface area contributed by atoms with Gasteiger partial charge in [-0.1, -0.05) is 0 Å². The lowest BCUT2D eigenvalue weighted by Gasteiger charge is -2.33. The summed E-state index contributed by atoms with van der Waals surface area (Å²) in [5.41, 5.74) is -0.0463. The Kier molecular flexibility index (Phi) is 6.48. The molecular formula is C18H31N5O3. The van der Waals surface area contributed by atoms with Crippen LogP contribution in [-0.4, -0.2) is 63.0 Å². The molecule has 8 nitrogen and oxygen atoms in total. The van der Waals surface area contributed by atoms with E-state index in [0.717, 1.165) is 64.2 Å². The number of likely N-dealkylation sites (tertiary alicyclic amines) is 1. The monoisotopic (exact) mass is 365 g/mol. The van der Waals surface area contributed by atoms with Crippen LogP contribution < -0.4 is 5.69 Å². The van der Waals surface area contributed by atoms with Crippen molar-refractivity contribution >= 4 is 5.91 Å². The molecule has 0 radical (unpaired) electrons. The first kappa shape index (κ1) is 19.1. The van der Waals surface area contributed by atoms with E-state index in [4.69, 9.17) is 4.84 Å². The smallest absolute Gasteiger partial charge is 0.343 e. The van der Waals surface area contributed by atoms with Crippen LogP contribution in [-0.2, 0) is 29.6 Å². The molecule has 0 bridgehead atoms. The first-order valence-corrected chi connectivity index (χ1v) is 9.86. The van der Waals surface area contributed by atoms with Gasteiger partial charge in [0, 0.05) is 52.6 Å². The van der Waals surface area contributed by atoms with Crippen LogP contribution in [0.3, 0.4) is 0 Å². The van der Waals surface area contributed by atoms with Crippen LogP contribution in [0.25, 0.3) is 0 Å². The van der Waals surface area contributed by atoms with Gasteiger partial charge in [0.2, 0.25) is 5.91 Å². The summed E-state index contributed by atoms with van der Waals surface area (Å²) in [5.74, 6) is 1.57. The SMILES string of the molecule is CCn1c(CC2CCN(C(=O)CCN3CCCCO3)CC2)nn(C)c1=O. The largest absolute Gasteiger partial charge is 0.345 e. The van der Waals surface area contributed by atoms with Gasteiger partial charge in [-0.05, 0) is 38.5 Å². The lowest BCUT2D eigenvalue weighted by molar-refractivity contribution is -0.182. The van der Waals surface area contributed by atoms with Crippen molar-refractivity contribution in [1.82, 2.24) is 24.3 Å². The highest BCUT2D eigenvalue weighted by Crippen LogP contribution is 2.21. The van der Waals surface area contributed by atoms with Crippen LogP contribution in [0.5, 0.6) is 0 Å². The maximum absolute atomic E-state index is 12.4. The van der Waals surface area contributed by atoms with E-state index in [9.17, 15) is 9.59 Å². The Morgan fingerprint density at radius 3 is 2.65 bits per heavy atom. The van der Waals surface area contributed by atoms with Crippen LogP contribution in [0.4, 0.5) is 0 Å². The predicted molar refractivity (Wildman–Crippen MR) is 97.5 cm³/mol. The van der Waals surface area contributed by atoms with Gasteiger partial charge in [-0.25, -0.2) is 9.48 Å². The standard InChI is InChI=1S/C18H31N5O3/c1-3-23-16(19-20(2)18(23)25)14-15-6-10-21(11-7-15)17(24)8-12-22-9-4-5-13-26-22/h15H,3-14H2,1-2H3. The fraction of sp³-hybridized carbons (Fsp3) is 0.833. The van der Waals surface area contributed by atoms with Gasteiger partial charge in [0.05, 0.1) is 6.61 Å². The van der Waals surface area contributed by atoms with Crippen molar-refractivity contribution in [2.75, 3.05) is 32.8 Å². The van der Waals surface area contributed by atoms with E-state index in [1.807, 2.05) is 16.9 Å². The number of hydroxylamine groups is 2. The minimum atomic E-state index is -0.0463. The van der Waals surface area contributed by atoms with Gasteiger partial charge in [0.15, 0.2) is 0 Å². The number of hydrogen-bond donors (Lipinski definition) is 0. The van der Waals surface area contributed by atoms with E-state index in [-0.39, 0.29) is 11.6 Å². The van der Waals surface area contributed by atoms with E-state index in [0.29, 0.717) is 25.4 Å². The number of carbonyl (C=O) groups is 1. The van der Waals surface area contributed by atoms with Crippen LogP contribution in [0.1, 0.15) is 44.9 Å². The van der Waals surface area contributed by atoms with Gasteiger partial charge in [-0.2, -0.15) is 10.2 Å². The molecule has 3 rings (SSSR count). The lowest BCUT2D eigenvalue weighted by atomic mass is 9.93. The van der Waals surface area contributed by atoms with E-state index in [1.165, 1.54) is 4.68 Å². The number of nitrogens with zero attached hydrogens (tertiary/aromatic N) is 5. The molecule has 2 aliphatic rings. The van der Waals surface area contributed by atoms with Crippen molar-refractivity contribution in [3.8, 4) is 0 Å². The van der Waals surface area contributed by atoms with Gasteiger partial charge >= 0.3 is 5.69 Å². The number of aromatic nitrogens is 3. The van der Waals surface area contributed by atoms with E-state index in [1.54, 1.807) is 11.6 Å². The summed E-state index contributed by atoms with van der Waals surface area (Å²) in [6, 6.07) is 0.